The summed E-state index contributed by atoms with van der Waals surface area (Å²) in [5.74, 6) is 0. The van der Waals surface area contributed by atoms with Crippen LogP contribution in [0.2, 0.25) is 0 Å². The number of halogens is 1. The van der Waals surface area contributed by atoms with E-state index in [2.05, 4.69) is 26.6 Å². The second-order valence-electron chi connectivity index (χ2n) is 7.07. The van der Waals surface area contributed by atoms with Crippen LogP contribution >= 0.6 is 15.9 Å². The van der Waals surface area contributed by atoms with Crippen LogP contribution in [0.5, 0.6) is 0 Å². The minimum atomic E-state index is -3.67. The van der Waals surface area contributed by atoms with Crippen molar-refractivity contribution in [3.63, 3.8) is 0 Å². The van der Waals surface area contributed by atoms with Gasteiger partial charge in [0.15, 0.2) is 0 Å². The Balaban J connectivity index is 1.55. The third-order valence-electron chi connectivity index (χ3n) is 4.89. The van der Waals surface area contributed by atoms with Gasteiger partial charge in [0.1, 0.15) is 0 Å². The largest absolute Gasteiger partial charge is 0.323 e. The molecule has 1 heterocycles. The first-order valence-corrected chi connectivity index (χ1v) is 11.6. The number of sulfonamides is 1. The second-order valence-corrected chi connectivity index (χ2v) is 9.85. The van der Waals surface area contributed by atoms with Gasteiger partial charge in [0.05, 0.1) is 10.6 Å². The van der Waals surface area contributed by atoms with E-state index in [-0.39, 0.29) is 4.90 Å². The minimum Gasteiger partial charge on any atom is -0.308 e. The van der Waals surface area contributed by atoms with E-state index in [1.165, 1.54) is 4.31 Å². The van der Waals surface area contributed by atoms with Crippen LogP contribution in [-0.2, 0) is 16.4 Å². The number of aryl methyl sites for hydroxylation is 1. The van der Waals surface area contributed by atoms with Gasteiger partial charge in [-0.25, -0.2) is 13.2 Å². The summed E-state index contributed by atoms with van der Waals surface area (Å²) >= 11 is 3.37. The Morgan fingerprint density at radius 1 is 0.967 bits per heavy atom. The maximum Gasteiger partial charge on any atom is 0.323 e. The van der Waals surface area contributed by atoms with Crippen molar-refractivity contribution in [3.8, 4) is 0 Å². The predicted octanol–water partition coefficient (Wildman–Crippen LogP) is 5.15. The summed E-state index contributed by atoms with van der Waals surface area (Å²) < 4.78 is 28.5. The molecule has 0 bridgehead atoms. The van der Waals surface area contributed by atoms with Crippen LogP contribution in [0, 0.1) is 6.92 Å². The van der Waals surface area contributed by atoms with Crippen molar-refractivity contribution in [2.45, 2.75) is 18.2 Å². The maximum atomic E-state index is 13.1. The summed E-state index contributed by atoms with van der Waals surface area (Å²) in [4.78, 5) is 12.6. The predicted molar refractivity (Wildman–Crippen MR) is 123 cm³/mol. The molecule has 0 saturated heterocycles. The quantitative estimate of drug-likeness (QED) is 0.535. The van der Waals surface area contributed by atoms with Gasteiger partial charge in [-0.1, -0.05) is 45.8 Å². The van der Waals surface area contributed by atoms with Crippen molar-refractivity contribution in [1.82, 2.24) is 0 Å². The van der Waals surface area contributed by atoms with E-state index in [1.54, 1.807) is 48.5 Å². The molecule has 154 valence electrons. The summed E-state index contributed by atoms with van der Waals surface area (Å²) in [6, 6.07) is 19.0. The zero-order chi connectivity index (χ0) is 21.3. The lowest BCUT2D eigenvalue weighted by Gasteiger charge is -2.20. The molecular formula is C22H20BrN3O3S. The maximum absolute atomic E-state index is 13.1. The number of amides is 2. The minimum absolute atomic E-state index is 0.256. The molecule has 3 aromatic carbocycles. The highest BCUT2D eigenvalue weighted by Gasteiger charge is 2.31. The van der Waals surface area contributed by atoms with Crippen molar-refractivity contribution >= 4 is 49.0 Å². The molecule has 3 aromatic rings. The average Bonchev–Trinajstić information content (AvgIpc) is 3.12. The Bertz CT molecular complexity index is 1210. The topological polar surface area (TPSA) is 78.5 Å². The number of rotatable bonds is 4. The number of fused-ring (bicyclic) bond motifs is 1. The molecule has 0 spiro atoms. The zero-order valence-electron chi connectivity index (χ0n) is 16.2. The molecule has 2 N–H and O–H groups in total. The lowest BCUT2D eigenvalue weighted by Crippen LogP contribution is -2.29. The molecule has 0 unspecified atom stereocenters. The number of hydrogen-bond acceptors (Lipinski definition) is 3. The average molecular weight is 486 g/mol. The van der Waals surface area contributed by atoms with Crippen LogP contribution in [0.25, 0.3) is 0 Å². The Kier molecular flexibility index (Phi) is 5.53. The van der Waals surface area contributed by atoms with Gasteiger partial charge >= 0.3 is 6.03 Å². The number of nitrogens with zero attached hydrogens (tertiary/aromatic N) is 1. The fraction of sp³-hybridized carbons (Fsp3) is 0.136. The molecule has 8 heteroatoms. The molecule has 1 aliphatic heterocycles. The van der Waals surface area contributed by atoms with Gasteiger partial charge in [0.2, 0.25) is 0 Å². The van der Waals surface area contributed by atoms with Gasteiger partial charge in [-0.3, -0.25) is 4.31 Å². The molecule has 30 heavy (non-hydrogen) atoms. The number of anilines is 3. The van der Waals surface area contributed by atoms with Crippen LogP contribution in [-0.4, -0.2) is 21.0 Å². The summed E-state index contributed by atoms with van der Waals surface area (Å²) in [7, 11) is -3.67. The van der Waals surface area contributed by atoms with E-state index < -0.39 is 16.1 Å². The monoisotopic (exact) mass is 485 g/mol. The number of hydrogen-bond donors (Lipinski definition) is 2. The lowest BCUT2D eigenvalue weighted by molar-refractivity contribution is 0.262. The van der Waals surface area contributed by atoms with Crippen molar-refractivity contribution in [1.29, 1.82) is 0 Å². The van der Waals surface area contributed by atoms with Crippen LogP contribution in [0.1, 0.15) is 11.1 Å². The zero-order valence-corrected chi connectivity index (χ0v) is 18.6. The van der Waals surface area contributed by atoms with Gasteiger partial charge in [0.25, 0.3) is 10.0 Å². The molecule has 0 aliphatic carbocycles. The smallest absolute Gasteiger partial charge is 0.308 e. The van der Waals surface area contributed by atoms with E-state index in [9.17, 15) is 13.2 Å². The van der Waals surface area contributed by atoms with Crippen LogP contribution in [0.4, 0.5) is 21.9 Å². The molecule has 2 amide bonds. The van der Waals surface area contributed by atoms with Gasteiger partial charge in [-0.2, -0.15) is 0 Å². The molecule has 0 atom stereocenters. The number of nitrogens with one attached hydrogen (secondary N) is 2. The first-order valence-electron chi connectivity index (χ1n) is 9.39. The van der Waals surface area contributed by atoms with Crippen molar-refractivity contribution in [2.24, 2.45) is 0 Å². The normalized spacial score (nSPS) is 13.1. The highest BCUT2D eigenvalue weighted by atomic mass is 79.9. The van der Waals surface area contributed by atoms with E-state index in [4.69, 9.17) is 0 Å². The highest BCUT2D eigenvalue weighted by Crippen LogP contribution is 2.35. The number of urea groups is 1. The fourth-order valence-electron chi connectivity index (χ4n) is 3.37. The van der Waals surface area contributed by atoms with E-state index in [0.717, 1.165) is 15.6 Å². The highest BCUT2D eigenvalue weighted by molar-refractivity contribution is 9.10. The van der Waals surface area contributed by atoms with E-state index in [1.807, 2.05) is 25.1 Å². The third-order valence-corrected chi connectivity index (χ3v) is 7.21. The molecule has 0 fully saturated rings. The van der Waals surface area contributed by atoms with Gasteiger partial charge in [-0.05, 0) is 61.4 Å². The molecule has 0 saturated carbocycles. The lowest BCUT2D eigenvalue weighted by atomic mass is 10.1. The number of carbonyl (C=O) groups is 1. The SMILES string of the molecule is Cc1ccc(S(=O)(=O)N2CCc3ccc(NC(=O)Nc4cccc(Br)c4)cc32)cc1. The second kappa shape index (κ2) is 8.12. The molecule has 0 aromatic heterocycles. The van der Waals surface area contributed by atoms with Gasteiger partial charge < -0.3 is 10.6 Å². The first-order chi connectivity index (χ1) is 14.3. The Labute approximate surface area is 184 Å². The summed E-state index contributed by atoms with van der Waals surface area (Å²) in [5, 5.41) is 5.53. The van der Waals surface area contributed by atoms with Crippen molar-refractivity contribution in [3.05, 3.63) is 82.3 Å². The Hall–Kier alpha value is -2.84. The standard InChI is InChI=1S/C22H20BrN3O3S/c1-15-5-9-20(10-6-15)30(28,29)26-12-11-16-7-8-19(14-21(16)26)25-22(27)24-18-4-2-3-17(23)13-18/h2-10,13-14H,11-12H2,1H3,(H2,24,25,27). The van der Waals surface area contributed by atoms with E-state index >= 15 is 0 Å². The van der Waals surface area contributed by atoms with Gasteiger partial charge in [0, 0.05) is 22.4 Å². The van der Waals surface area contributed by atoms with Gasteiger partial charge in [-0.15, -0.1) is 0 Å². The number of benzene rings is 3. The molecule has 0 radical (unpaired) electrons. The summed E-state index contributed by atoms with van der Waals surface area (Å²) in [6.07, 6.45) is 0.630. The van der Waals surface area contributed by atoms with Crippen LogP contribution in [0.3, 0.4) is 0 Å². The summed E-state index contributed by atoms with van der Waals surface area (Å²) in [5.41, 5.74) is 3.69. The third kappa shape index (κ3) is 4.20. The molecule has 4 rings (SSSR count). The van der Waals surface area contributed by atoms with Crippen molar-refractivity contribution in [2.75, 3.05) is 21.5 Å². The first kappa shape index (κ1) is 20.4. The molecular weight excluding hydrogens is 466 g/mol. The Morgan fingerprint density at radius 2 is 1.67 bits per heavy atom. The van der Waals surface area contributed by atoms with Crippen LogP contribution < -0.4 is 14.9 Å². The fourth-order valence-corrected chi connectivity index (χ4v) is 5.27. The number of carbonyl (C=O) groups excluding carboxylic acids is 1. The van der Waals surface area contributed by atoms with Crippen LogP contribution in [0.15, 0.2) is 76.1 Å². The molecule has 1 aliphatic rings. The van der Waals surface area contributed by atoms with E-state index in [0.29, 0.717) is 30.0 Å². The van der Waals surface area contributed by atoms with Crippen molar-refractivity contribution < 1.29 is 13.2 Å². The summed E-state index contributed by atoms with van der Waals surface area (Å²) in [6.45, 7) is 2.29. The molecule has 6 nitrogen and oxygen atoms in total. The Morgan fingerprint density at radius 3 is 2.37 bits per heavy atom.